The van der Waals surface area contributed by atoms with Gasteiger partial charge in [0.2, 0.25) is 0 Å². The van der Waals surface area contributed by atoms with E-state index in [9.17, 15) is 0 Å². The largest absolute Gasteiger partial charge is 0.495 e. The number of rotatable bonds is 5. The van der Waals surface area contributed by atoms with E-state index in [4.69, 9.17) is 17.4 Å². The van der Waals surface area contributed by atoms with Crippen molar-refractivity contribution in [1.82, 2.24) is 24.7 Å². The number of benzene rings is 1. The Bertz CT molecular complexity index is 1000. The molecule has 0 bridgehead atoms. The molecule has 0 fully saturated rings. The van der Waals surface area contributed by atoms with Gasteiger partial charge in [-0.2, -0.15) is 12.6 Å². The summed E-state index contributed by atoms with van der Waals surface area (Å²) in [5.74, 6) is 2.14. The molecule has 0 radical (unpaired) electrons. The number of ether oxygens (including phenoxy) is 1. The van der Waals surface area contributed by atoms with Crippen molar-refractivity contribution in [3.63, 3.8) is 0 Å². The molecule has 6 nitrogen and oxygen atoms in total. The summed E-state index contributed by atoms with van der Waals surface area (Å²) in [7, 11) is 1.65. The van der Waals surface area contributed by atoms with E-state index in [-0.39, 0.29) is 5.25 Å². The van der Waals surface area contributed by atoms with Gasteiger partial charge >= 0.3 is 0 Å². The Labute approximate surface area is 160 Å². The Balaban J connectivity index is 1.93. The minimum Gasteiger partial charge on any atom is -0.495 e. The molecule has 0 aliphatic carbocycles. The van der Waals surface area contributed by atoms with Gasteiger partial charge in [0.1, 0.15) is 17.3 Å². The van der Waals surface area contributed by atoms with Crippen LogP contribution < -0.4 is 4.74 Å². The fourth-order valence-corrected chi connectivity index (χ4v) is 3.70. The number of thiophene rings is 1. The summed E-state index contributed by atoms with van der Waals surface area (Å²) in [4.78, 5) is 9.29. The molecule has 0 saturated heterocycles. The highest BCUT2D eigenvalue weighted by molar-refractivity contribution is 7.80. The van der Waals surface area contributed by atoms with Crippen LogP contribution in [0.15, 0.2) is 60.4 Å². The van der Waals surface area contributed by atoms with Crippen LogP contribution in [0.5, 0.6) is 5.75 Å². The van der Waals surface area contributed by atoms with Crippen molar-refractivity contribution in [3.05, 3.63) is 71.9 Å². The molecule has 0 aliphatic heterocycles. The molecule has 1 aromatic carbocycles. The first kappa shape index (κ1) is 16.7. The number of para-hydroxylation sites is 2. The first-order chi connectivity index (χ1) is 12.8. The Hall–Kier alpha value is -2.71. The van der Waals surface area contributed by atoms with E-state index in [0.717, 1.165) is 27.8 Å². The smallest absolute Gasteiger partial charge is 0.178 e. The van der Waals surface area contributed by atoms with Crippen molar-refractivity contribution in [1.29, 1.82) is 0 Å². The van der Waals surface area contributed by atoms with Crippen LogP contribution in [0.25, 0.3) is 16.4 Å². The number of aromatic nitrogens is 5. The zero-order chi connectivity index (χ0) is 17.9. The molecule has 4 aromatic rings. The number of nitrogens with zero attached hydrogens (tertiary/aromatic N) is 5. The minimum atomic E-state index is -0.357. The maximum atomic E-state index is 5.56. The van der Waals surface area contributed by atoms with Crippen molar-refractivity contribution in [3.8, 4) is 22.1 Å². The molecule has 8 heteroatoms. The monoisotopic (exact) mass is 381 g/mol. The van der Waals surface area contributed by atoms with Crippen molar-refractivity contribution >= 4 is 24.0 Å². The van der Waals surface area contributed by atoms with E-state index < -0.39 is 0 Å². The van der Waals surface area contributed by atoms with Gasteiger partial charge in [-0.1, -0.05) is 18.2 Å². The lowest BCUT2D eigenvalue weighted by Crippen LogP contribution is -2.08. The lowest BCUT2D eigenvalue weighted by atomic mass is 10.2. The summed E-state index contributed by atoms with van der Waals surface area (Å²) in [6.07, 6.45) is 3.19. The van der Waals surface area contributed by atoms with E-state index in [0.29, 0.717) is 5.82 Å². The molecule has 130 valence electrons. The molecule has 4 rings (SSSR count). The van der Waals surface area contributed by atoms with Gasteiger partial charge in [0.05, 0.1) is 23.4 Å². The highest BCUT2D eigenvalue weighted by Crippen LogP contribution is 2.35. The van der Waals surface area contributed by atoms with Gasteiger partial charge < -0.3 is 4.74 Å². The zero-order valence-electron chi connectivity index (χ0n) is 13.9. The zero-order valence-corrected chi connectivity index (χ0v) is 15.6. The molecule has 1 unspecified atom stereocenters. The maximum absolute atomic E-state index is 5.56. The highest BCUT2D eigenvalue weighted by atomic mass is 32.1. The maximum Gasteiger partial charge on any atom is 0.178 e. The summed E-state index contributed by atoms with van der Waals surface area (Å²) in [6.45, 7) is 0. The minimum absolute atomic E-state index is 0.357. The summed E-state index contributed by atoms with van der Waals surface area (Å²) in [5, 5.41) is 10.5. The van der Waals surface area contributed by atoms with Gasteiger partial charge in [-0.25, -0.2) is 9.97 Å². The van der Waals surface area contributed by atoms with E-state index in [1.807, 2.05) is 52.4 Å². The van der Waals surface area contributed by atoms with Gasteiger partial charge in [-0.05, 0) is 29.6 Å². The molecule has 0 aliphatic rings. The van der Waals surface area contributed by atoms with Crippen LogP contribution in [-0.4, -0.2) is 31.8 Å². The molecule has 3 aromatic heterocycles. The van der Waals surface area contributed by atoms with Gasteiger partial charge in [0.15, 0.2) is 11.6 Å². The lowest BCUT2D eigenvalue weighted by Gasteiger charge is -2.16. The third-order valence-corrected chi connectivity index (χ3v) is 5.25. The van der Waals surface area contributed by atoms with Gasteiger partial charge in [-0.3, -0.25) is 4.57 Å². The first-order valence-electron chi connectivity index (χ1n) is 7.86. The van der Waals surface area contributed by atoms with Crippen molar-refractivity contribution in [2.45, 2.75) is 5.25 Å². The number of hydrogen-bond donors (Lipinski definition) is 1. The fraction of sp³-hybridized carbons (Fsp3) is 0.111. The van der Waals surface area contributed by atoms with Crippen LogP contribution in [-0.2, 0) is 0 Å². The predicted molar refractivity (Wildman–Crippen MR) is 104 cm³/mol. The lowest BCUT2D eigenvalue weighted by molar-refractivity contribution is 0.412. The second kappa shape index (κ2) is 7.27. The van der Waals surface area contributed by atoms with E-state index in [1.165, 1.54) is 6.33 Å². The average molecular weight is 381 g/mol. The molecule has 0 saturated carbocycles. The molecule has 26 heavy (non-hydrogen) atoms. The Morgan fingerprint density at radius 1 is 1.12 bits per heavy atom. The van der Waals surface area contributed by atoms with Crippen LogP contribution in [0.2, 0.25) is 0 Å². The number of thiol groups is 1. The molecule has 1 atom stereocenters. The first-order valence-corrected chi connectivity index (χ1v) is 9.25. The van der Waals surface area contributed by atoms with Gasteiger partial charge in [0, 0.05) is 6.20 Å². The van der Waals surface area contributed by atoms with E-state index in [2.05, 4.69) is 20.2 Å². The summed E-state index contributed by atoms with van der Waals surface area (Å²) in [6, 6.07) is 13.6. The van der Waals surface area contributed by atoms with Gasteiger partial charge in [0.25, 0.3) is 0 Å². The Kier molecular flexibility index (Phi) is 4.68. The number of methoxy groups -OCH3 is 1. The Morgan fingerprint density at radius 2 is 2.00 bits per heavy atom. The van der Waals surface area contributed by atoms with Crippen LogP contribution >= 0.6 is 24.0 Å². The van der Waals surface area contributed by atoms with Crippen LogP contribution in [0.3, 0.4) is 0 Å². The van der Waals surface area contributed by atoms with Crippen LogP contribution in [0.1, 0.15) is 16.8 Å². The molecular formula is C18H15N5OS2. The van der Waals surface area contributed by atoms with E-state index in [1.54, 1.807) is 24.6 Å². The SMILES string of the molecule is COc1ccccc1-n1c(-c2cccs2)nnc1C(S)c1ccncn1. The van der Waals surface area contributed by atoms with Crippen LogP contribution in [0, 0.1) is 0 Å². The number of hydrogen-bond acceptors (Lipinski definition) is 7. The second-order valence-electron chi connectivity index (χ2n) is 5.40. The Morgan fingerprint density at radius 3 is 2.73 bits per heavy atom. The normalized spacial score (nSPS) is 12.1. The highest BCUT2D eigenvalue weighted by Gasteiger charge is 2.24. The molecule has 0 amide bonds. The molecule has 3 heterocycles. The average Bonchev–Trinajstić information content (AvgIpc) is 3.37. The third-order valence-electron chi connectivity index (χ3n) is 3.89. The summed E-state index contributed by atoms with van der Waals surface area (Å²) >= 11 is 6.36. The molecule has 0 N–H and O–H groups in total. The third kappa shape index (κ3) is 2.97. The van der Waals surface area contributed by atoms with E-state index >= 15 is 0 Å². The quantitative estimate of drug-likeness (QED) is 0.533. The van der Waals surface area contributed by atoms with Gasteiger partial charge in [-0.15, -0.1) is 21.5 Å². The summed E-state index contributed by atoms with van der Waals surface area (Å²) in [5.41, 5.74) is 1.61. The molecule has 0 spiro atoms. The van der Waals surface area contributed by atoms with Crippen molar-refractivity contribution < 1.29 is 4.74 Å². The van der Waals surface area contributed by atoms with Crippen molar-refractivity contribution in [2.75, 3.05) is 7.11 Å². The summed E-state index contributed by atoms with van der Waals surface area (Å²) < 4.78 is 7.54. The topological polar surface area (TPSA) is 65.7 Å². The second-order valence-corrected chi connectivity index (χ2v) is 6.87. The molecular weight excluding hydrogens is 366 g/mol. The standard InChI is InChI=1S/C18H15N5OS2/c1-24-14-6-3-2-5-13(14)23-17(15-7-4-10-26-15)21-22-18(23)16(25)12-8-9-19-11-20-12/h2-11,16,25H,1H3. The predicted octanol–water partition coefficient (Wildman–Crippen LogP) is 3.81. The van der Waals surface area contributed by atoms with Crippen LogP contribution in [0.4, 0.5) is 0 Å². The van der Waals surface area contributed by atoms with Crippen molar-refractivity contribution in [2.24, 2.45) is 0 Å². The fourth-order valence-electron chi connectivity index (χ4n) is 2.69.